The third kappa shape index (κ3) is 3.20. The molecule has 3 heteroatoms. The van der Waals surface area contributed by atoms with Crippen LogP contribution in [0.25, 0.3) is 0 Å². The minimum atomic E-state index is -0.407. The summed E-state index contributed by atoms with van der Waals surface area (Å²) in [6.07, 6.45) is 0. The number of hydrogen-bond donors (Lipinski definition) is 1. The van der Waals surface area contributed by atoms with Crippen molar-refractivity contribution < 1.29 is 9.47 Å². The molecule has 0 fully saturated rings. The average Bonchev–Trinajstić information content (AvgIpc) is 2.28. The van der Waals surface area contributed by atoms with Crippen molar-refractivity contribution in [2.45, 2.75) is 39.3 Å². The Morgan fingerprint density at radius 2 is 2.00 bits per heavy atom. The molecule has 1 aromatic rings. The smallest absolute Gasteiger partial charge is 0.123 e. The maximum absolute atomic E-state index is 6.30. The predicted octanol–water partition coefficient (Wildman–Crippen LogP) is 2.82. The Morgan fingerprint density at radius 3 is 2.53 bits per heavy atom. The van der Waals surface area contributed by atoms with Gasteiger partial charge in [-0.1, -0.05) is 17.7 Å². The number of nitrogens with two attached hydrogens (primary N) is 1. The van der Waals surface area contributed by atoms with Crippen LogP contribution in [0, 0.1) is 6.92 Å². The van der Waals surface area contributed by atoms with Crippen LogP contribution in [0.3, 0.4) is 0 Å². The summed E-state index contributed by atoms with van der Waals surface area (Å²) in [6, 6.07) is 5.82. The van der Waals surface area contributed by atoms with Gasteiger partial charge in [0.15, 0.2) is 0 Å². The highest BCUT2D eigenvalue weighted by molar-refractivity contribution is 5.40. The van der Waals surface area contributed by atoms with Crippen molar-refractivity contribution in [2.75, 3.05) is 13.7 Å². The second-order valence-corrected chi connectivity index (χ2v) is 4.76. The number of benzene rings is 1. The van der Waals surface area contributed by atoms with E-state index >= 15 is 0 Å². The minimum Gasteiger partial charge on any atom is -0.496 e. The lowest BCUT2D eigenvalue weighted by molar-refractivity contribution is -0.0302. The molecule has 0 aromatic heterocycles. The Bertz CT molecular complexity index is 374. The molecule has 1 aromatic carbocycles. The Kier molecular flexibility index (Phi) is 4.54. The van der Waals surface area contributed by atoms with Crippen LogP contribution in [0.15, 0.2) is 18.2 Å². The Labute approximate surface area is 104 Å². The van der Waals surface area contributed by atoms with E-state index < -0.39 is 5.60 Å². The third-order valence-corrected chi connectivity index (χ3v) is 2.99. The lowest BCUT2D eigenvalue weighted by Gasteiger charge is -2.32. The first-order valence-corrected chi connectivity index (χ1v) is 5.96. The van der Waals surface area contributed by atoms with Crippen LogP contribution < -0.4 is 10.5 Å². The molecule has 0 radical (unpaired) electrons. The maximum atomic E-state index is 6.30. The van der Waals surface area contributed by atoms with E-state index in [0.29, 0.717) is 6.61 Å². The molecule has 0 aliphatic carbocycles. The number of methoxy groups -OCH3 is 1. The first kappa shape index (κ1) is 14.0. The van der Waals surface area contributed by atoms with E-state index in [1.807, 2.05) is 39.8 Å². The highest BCUT2D eigenvalue weighted by Crippen LogP contribution is 2.33. The number of ether oxygens (including phenoxy) is 2. The molecular weight excluding hydrogens is 214 g/mol. The van der Waals surface area contributed by atoms with Gasteiger partial charge in [-0.2, -0.15) is 0 Å². The number of aryl methyl sites for hydroxylation is 1. The summed E-state index contributed by atoms with van der Waals surface area (Å²) in [6.45, 7) is 8.67. The molecule has 3 nitrogen and oxygen atoms in total. The van der Waals surface area contributed by atoms with Crippen molar-refractivity contribution in [3.63, 3.8) is 0 Å². The zero-order chi connectivity index (χ0) is 13.1. The standard InChI is InChI=1S/C14H23NO2/c1-6-17-14(3,4)13(15)11-9-10(2)7-8-12(11)16-5/h7-9,13H,6,15H2,1-5H3. The normalized spacial score (nSPS) is 13.5. The summed E-state index contributed by atoms with van der Waals surface area (Å²) >= 11 is 0. The van der Waals surface area contributed by atoms with Gasteiger partial charge in [0.05, 0.1) is 18.8 Å². The van der Waals surface area contributed by atoms with Crippen LogP contribution in [0.4, 0.5) is 0 Å². The largest absolute Gasteiger partial charge is 0.496 e. The molecule has 0 bridgehead atoms. The van der Waals surface area contributed by atoms with E-state index in [9.17, 15) is 0 Å². The van der Waals surface area contributed by atoms with E-state index in [4.69, 9.17) is 15.2 Å². The van der Waals surface area contributed by atoms with E-state index in [1.54, 1.807) is 7.11 Å². The fourth-order valence-corrected chi connectivity index (χ4v) is 1.93. The highest BCUT2D eigenvalue weighted by atomic mass is 16.5. The summed E-state index contributed by atoms with van der Waals surface area (Å²) in [5, 5.41) is 0. The topological polar surface area (TPSA) is 44.5 Å². The summed E-state index contributed by atoms with van der Waals surface area (Å²) in [5.41, 5.74) is 8.05. The molecule has 1 atom stereocenters. The van der Waals surface area contributed by atoms with Crippen molar-refractivity contribution in [1.82, 2.24) is 0 Å². The van der Waals surface area contributed by atoms with Gasteiger partial charge in [0.2, 0.25) is 0 Å². The van der Waals surface area contributed by atoms with Crippen LogP contribution in [-0.2, 0) is 4.74 Å². The van der Waals surface area contributed by atoms with Gasteiger partial charge in [-0.3, -0.25) is 0 Å². The first-order valence-electron chi connectivity index (χ1n) is 5.96. The van der Waals surface area contributed by atoms with Crippen molar-refractivity contribution in [1.29, 1.82) is 0 Å². The van der Waals surface area contributed by atoms with E-state index in [1.165, 1.54) is 5.56 Å². The molecule has 96 valence electrons. The Balaban J connectivity index is 3.09. The minimum absolute atomic E-state index is 0.211. The zero-order valence-corrected chi connectivity index (χ0v) is 11.4. The first-order chi connectivity index (χ1) is 7.92. The summed E-state index contributed by atoms with van der Waals surface area (Å²) in [4.78, 5) is 0. The molecule has 0 saturated heterocycles. The van der Waals surface area contributed by atoms with Gasteiger partial charge in [0.25, 0.3) is 0 Å². The van der Waals surface area contributed by atoms with Gasteiger partial charge < -0.3 is 15.2 Å². The molecule has 1 rings (SSSR count). The fraction of sp³-hybridized carbons (Fsp3) is 0.571. The molecule has 0 heterocycles. The second kappa shape index (κ2) is 5.52. The van der Waals surface area contributed by atoms with Crippen molar-refractivity contribution in [3.05, 3.63) is 29.3 Å². The lowest BCUT2D eigenvalue weighted by Crippen LogP contribution is -2.38. The number of hydrogen-bond acceptors (Lipinski definition) is 3. The average molecular weight is 237 g/mol. The molecule has 0 saturated carbocycles. The Hall–Kier alpha value is -1.06. The van der Waals surface area contributed by atoms with E-state index in [2.05, 4.69) is 6.07 Å². The SMILES string of the molecule is CCOC(C)(C)C(N)c1cc(C)ccc1OC. The van der Waals surface area contributed by atoms with Crippen LogP contribution in [0.2, 0.25) is 0 Å². The quantitative estimate of drug-likeness (QED) is 0.856. The van der Waals surface area contributed by atoms with Gasteiger partial charge in [0.1, 0.15) is 5.75 Å². The van der Waals surface area contributed by atoms with Gasteiger partial charge in [-0.05, 0) is 33.8 Å². The molecular formula is C14H23NO2. The Morgan fingerprint density at radius 1 is 1.35 bits per heavy atom. The fourth-order valence-electron chi connectivity index (χ4n) is 1.93. The van der Waals surface area contributed by atoms with Crippen molar-refractivity contribution >= 4 is 0 Å². The van der Waals surface area contributed by atoms with Gasteiger partial charge in [0, 0.05) is 12.2 Å². The molecule has 17 heavy (non-hydrogen) atoms. The lowest BCUT2D eigenvalue weighted by atomic mass is 9.91. The zero-order valence-electron chi connectivity index (χ0n) is 11.4. The molecule has 0 spiro atoms. The maximum Gasteiger partial charge on any atom is 0.123 e. The molecule has 0 amide bonds. The van der Waals surface area contributed by atoms with Gasteiger partial charge >= 0.3 is 0 Å². The predicted molar refractivity (Wildman–Crippen MR) is 70.4 cm³/mol. The van der Waals surface area contributed by atoms with Gasteiger partial charge in [-0.25, -0.2) is 0 Å². The highest BCUT2D eigenvalue weighted by Gasteiger charge is 2.30. The molecule has 1 unspecified atom stereocenters. The molecule has 0 aliphatic rings. The van der Waals surface area contributed by atoms with Crippen LogP contribution >= 0.6 is 0 Å². The van der Waals surface area contributed by atoms with Gasteiger partial charge in [-0.15, -0.1) is 0 Å². The van der Waals surface area contributed by atoms with E-state index in [-0.39, 0.29) is 6.04 Å². The third-order valence-electron chi connectivity index (χ3n) is 2.99. The summed E-state index contributed by atoms with van der Waals surface area (Å²) < 4.78 is 11.1. The molecule has 0 aliphatic heterocycles. The van der Waals surface area contributed by atoms with E-state index in [0.717, 1.165) is 11.3 Å². The molecule has 2 N–H and O–H groups in total. The van der Waals surface area contributed by atoms with Crippen LogP contribution in [-0.4, -0.2) is 19.3 Å². The summed E-state index contributed by atoms with van der Waals surface area (Å²) in [5.74, 6) is 0.816. The van der Waals surface area contributed by atoms with Crippen LogP contribution in [0.1, 0.15) is 37.9 Å². The monoisotopic (exact) mass is 237 g/mol. The van der Waals surface area contributed by atoms with Crippen molar-refractivity contribution in [2.24, 2.45) is 5.73 Å². The van der Waals surface area contributed by atoms with Crippen LogP contribution in [0.5, 0.6) is 5.75 Å². The number of rotatable bonds is 5. The second-order valence-electron chi connectivity index (χ2n) is 4.76. The van der Waals surface area contributed by atoms with Crippen molar-refractivity contribution in [3.8, 4) is 5.75 Å². The summed E-state index contributed by atoms with van der Waals surface area (Å²) in [7, 11) is 1.66.